The summed E-state index contributed by atoms with van der Waals surface area (Å²) in [7, 11) is 0. The number of benzene rings is 2. The number of nitriles is 3. The van der Waals surface area contributed by atoms with E-state index in [0.29, 0.717) is 27.4 Å². The van der Waals surface area contributed by atoms with E-state index in [1.165, 1.54) is 17.4 Å². The summed E-state index contributed by atoms with van der Waals surface area (Å²) in [5.41, 5.74) is 3.55. The predicted octanol–water partition coefficient (Wildman–Crippen LogP) is 6.70. The van der Waals surface area contributed by atoms with Gasteiger partial charge in [-0.2, -0.15) is 15.8 Å². The quantitative estimate of drug-likeness (QED) is 0.174. The van der Waals surface area contributed by atoms with Gasteiger partial charge in [0.15, 0.2) is 0 Å². The van der Waals surface area contributed by atoms with Crippen LogP contribution in [0.5, 0.6) is 5.75 Å². The molecular weight excluding hydrogens is 698 g/mol. The molecule has 0 saturated carbocycles. The van der Waals surface area contributed by atoms with Crippen molar-refractivity contribution >= 4 is 73.5 Å². The monoisotopic (exact) mass is 716 g/mol. The second kappa shape index (κ2) is 11.9. The molecule has 0 spiro atoms. The third-order valence-corrected chi connectivity index (χ3v) is 8.53. The lowest BCUT2D eigenvalue weighted by Crippen LogP contribution is -2.13. The molecule has 36 heavy (non-hydrogen) atoms. The van der Waals surface area contributed by atoms with Crippen LogP contribution in [-0.4, -0.2) is 5.91 Å². The highest BCUT2D eigenvalue weighted by molar-refractivity contribution is 14.1. The molecule has 0 atom stereocenters. The van der Waals surface area contributed by atoms with Crippen LogP contribution in [0.3, 0.4) is 0 Å². The predicted molar refractivity (Wildman–Crippen MR) is 155 cm³/mol. The Morgan fingerprint density at radius 3 is 2.50 bits per heavy atom. The van der Waals surface area contributed by atoms with Crippen LogP contribution < -0.4 is 10.1 Å². The molecule has 1 N–H and O–H groups in total. The smallest absolute Gasteiger partial charge is 0.266 e. The fraction of sp³-hybridized carbons (Fsp3) is 0.185. The third-order valence-electron chi connectivity index (χ3n) is 5.72. The molecule has 1 aromatic heterocycles. The number of nitrogens with zero attached hydrogens (tertiary/aromatic N) is 3. The van der Waals surface area contributed by atoms with Crippen LogP contribution in [0.25, 0.3) is 6.08 Å². The second-order valence-electron chi connectivity index (χ2n) is 8.02. The van der Waals surface area contributed by atoms with Crippen molar-refractivity contribution in [2.75, 3.05) is 5.32 Å². The van der Waals surface area contributed by atoms with Crippen LogP contribution in [0, 0.1) is 41.1 Å². The lowest BCUT2D eigenvalue weighted by molar-refractivity contribution is -0.112. The molecule has 0 saturated heterocycles. The van der Waals surface area contributed by atoms with Gasteiger partial charge in [-0.15, -0.1) is 11.3 Å². The summed E-state index contributed by atoms with van der Waals surface area (Å²) in [5, 5.41) is 31.9. The minimum absolute atomic E-state index is 0.0477. The summed E-state index contributed by atoms with van der Waals surface area (Å²) < 4.78 is 7.64. The summed E-state index contributed by atoms with van der Waals surface area (Å²) in [6, 6.07) is 17.3. The van der Waals surface area contributed by atoms with E-state index in [1.54, 1.807) is 6.07 Å². The molecule has 0 unspecified atom stereocenters. The molecule has 0 fully saturated rings. The highest BCUT2D eigenvalue weighted by Crippen LogP contribution is 2.38. The second-order valence-corrected chi connectivity index (χ2v) is 11.5. The summed E-state index contributed by atoms with van der Waals surface area (Å²) in [5.74, 6) is 0.137. The maximum absolute atomic E-state index is 12.9. The van der Waals surface area contributed by atoms with Crippen molar-refractivity contribution < 1.29 is 9.53 Å². The van der Waals surface area contributed by atoms with Crippen LogP contribution in [-0.2, 0) is 24.2 Å². The van der Waals surface area contributed by atoms with E-state index in [9.17, 15) is 20.6 Å². The molecule has 1 aliphatic rings. The largest absolute Gasteiger partial charge is 0.487 e. The van der Waals surface area contributed by atoms with Crippen molar-refractivity contribution in [2.24, 2.45) is 0 Å². The molecule has 4 rings (SSSR count). The van der Waals surface area contributed by atoms with Crippen molar-refractivity contribution in [2.45, 2.75) is 32.3 Å². The Bertz CT molecular complexity index is 1480. The van der Waals surface area contributed by atoms with Crippen LogP contribution in [0.1, 0.15) is 45.5 Å². The first kappa shape index (κ1) is 26.2. The van der Waals surface area contributed by atoms with E-state index in [1.807, 2.05) is 36.4 Å². The molecule has 2 aromatic carbocycles. The number of anilines is 1. The molecule has 1 heterocycles. The molecule has 1 amide bonds. The molecule has 3 aromatic rings. The number of halogens is 2. The third kappa shape index (κ3) is 5.73. The van der Waals surface area contributed by atoms with Gasteiger partial charge in [0.05, 0.1) is 24.3 Å². The van der Waals surface area contributed by atoms with Gasteiger partial charge in [0.2, 0.25) is 0 Å². The van der Waals surface area contributed by atoms with Crippen LogP contribution >= 0.6 is 56.5 Å². The minimum Gasteiger partial charge on any atom is -0.487 e. The fourth-order valence-corrected chi connectivity index (χ4v) is 7.33. The first-order chi connectivity index (χ1) is 17.4. The van der Waals surface area contributed by atoms with E-state index in [0.717, 1.165) is 48.8 Å². The topological polar surface area (TPSA) is 110 Å². The average Bonchev–Trinajstić information content (AvgIpc) is 3.23. The molecule has 6 nitrogen and oxygen atoms in total. The molecule has 0 bridgehead atoms. The number of aryl methyl sites for hydroxylation is 1. The SMILES string of the molecule is N#C/C(=C\c1cc(I)c(OCc2ccccc2C#N)c(I)c1)C(=O)Nc1sc2c(c1C#N)CCCC2. The summed E-state index contributed by atoms with van der Waals surface area (Å²) in [4.78, 5) is 14.1. The van der Waals surface area contributed by atoms with Crippen molar-refractivity contribution in [3.05, 3.63) is 81.8 Å². The standard InChI is InChI=1S/C27H18I2N4O2S/c28-22-10-16(11-23(29)25(22)35-15-18-6-2-1-5-17(18)12-30)9-19(13-31)26(34)33-27-21(14-32)20-7-3-4-8-24(20)36-27/h1-2,5-6,9-11H,3-4,7-8,15H2,(H,33,34)/b19-9+. The van der Waals surface area contributed by atoms with Gasteiger partial charge in [-0.05, 0) is 106 Å². The number of carbonyl (C=O) groups is 1. The van der Waals surface area contributed by atoms with E-state index < -0.39 is 5.91 Å². The first-order valence-electron chi connectivity index (χ1n) is 11.0. The van der Waals surface area contributed by atoms with E-state index >= 15 is 0 Å². The lowest BCUT2D eigenvalue weighted by atomic mass is 9.96. The zero-order chi connectivity index (χ0) is 25.7. The Morgan fingerprint density at radius 2 is 1.81 bits per heavy atom. The average molecular weight is 716 g/mol. The zero-order valence-corrected chi connectivity index (χ0v) is 24.0. The zero-order valence-electron chi connectivity index (χ0n) is 18.9. The number of hydrogen-bond donors (Lipinski definition) is 1. The Hall–Kier alpha value is -2.92. The summed E-state index contributed by atoms with van der Waals surface area (Å²) in [6.45, 7) is 0.253. The van der Waals surface area contributed by atoms with Gasteiger partial charge in [0.25, 0.3) is 5.91 Å². The maximum Gasteiger partial charge on any atom is 0.266 e. The Labute approximate surface area is 240 Å². The lowest BCUT2D eigenvalue weighted by Gasteiger charge is -2.12. The summed E-state index contributed by atoms with van der Waals surface area (Å²) in [6.07, 6.45) is 5.42. The Morgan fingerprint density at radius 1 is 1.08 bits per heavy atom. The summed E-state index contributed by atoms with van der Waals surface area (Å²) >= 11 is 5.74. The van der Waals surface area contributed by atoms with Crippen LogP contribution in [0.4, 0.5) is 5.00 Å². The van der Waals surface area contributed by atoms with Crippen molar-refractivity contribution in [3.63, 3.8) is 0 Å². The first-order valence-corrected chi connectivity index (χ1v) is 14.0. The number of amides is 1. The molecule has 0 radical (unpaired) electrons. The van der Waals surface area contributed by atoms with Crippen molar-refractivity contribution in [3.8, 4) is 24.0 Å². The normalized spacial score (nSPS) is 12.6. The number of rotatable bonds is 6. The number of thiophene rings is 1. The van der Waals surface area contributed by atoms with Gasteiger partial charge in [-0.1, -0.05) is 18.2 Å². The highest BCUT2D eigenvalue weighted by atomic mass is 127. The fourth-order valence-electron chi connectivity index (χ4n) is 3.96. The number of hydrogen-bond acceptors (Lipinski definition) is 6. The number of carbonyl (C=O) groups excluding carboxylic acids is 1. The van der Waals surface area contributed by atoms with Gasteiger partial charge in [0.1, 0.15) is 35.1 Å². The van der Waals surface area contributed by atoms with Gasteiger partial charge >= 0.3 is 0 Å². The van der Waals surface area contributed by atoms with Crippen molar-refractivity contribution in [1.29, 1.82) is 15.8 Å². The van der Waals surface area contributed by atoms with E-state index in [4.69, 9.17) is 4.74 Å². The number of nitrogens with one attached hydrogen (secondary N) is 1. The van der Waals surface area contributed by atoms with Crippen molar-refractivity contribution in [1.82, 2.24) is 0 Å². The van der Waals surface area contributed by atoms with Gasteiger partial charge in [0, 0.05) is 10.4 Å². The molecule has 178 valence electrons. The number of fused-ring (bicyclic) bond motifs is 1. The molecule has 1 aliphatic carbocycles. The van der Waals surface area contributed by atoms with E-state index in [-0.39, 0.29) is 12.2 Å². The van der Waals surface area contributed by atoms with E-state index in [2.05, 4.69) is 62.6 Å². The molecular formula is C27H18I2N4O2S. The molecule has 0 aliphatic heterocycles. The minimum atomic E-state index is -0.536. The molecule has 9 heteroatoms. The Balaban J connectivity index is 1.54. The maximum atomic E-state index is 12.9. The van der Waals surface area contributed by atoms with Crippen LogP contribution in [0.2, 0.25) is 0 Å². The van der Waals surface area contributed by atoms with Crippen LogP contribution in [0.15, 0.2) is 42.0 Å². The van der Waals surface area contributed by atoms with Gasteiger partial charge in [-0.25, -0.2) is 0 Å². The Kier molecular flexibility index (Phi) is 8.63. The van der Waals surface area contributed by atoms with Gasteiger partial charge in [-0.3, -0.25) is 4.79 Å². The van der Waals surface area contributed by atoms with Gasteiger partial charge < -0.3 is 10.1 Å². The highest BCUT2D eigenvalue weighted by Gasteiger charge is 2.23. The number of ether oxygens (including phenoxy) is 1.